The van der Waals surface area contributed by atoms with Crippen molar-refractivity contribution in [2.24, 2.45) is 0 Å². The molecule has 0 atom stereocenters. The average molecular weight is 890 g/mol. The average Bonchev–Trinajstić information content (AvgIpc) is 3.21. The molecule has 0 radical (unpaired) electrons. The molecule has 0 N–H and O–H groups in total. The van der Waals surface area contributed by atoms with Crippen LogP contribution in [-0.2, 0) is 10.9 Å². The number of para-hydroxylation sites is 1. The van der Waals surface area contributed by atoms with Gasteiger partial charge in [-0.3, -0.25) is 0 Å². The first kappa shape index (κ1) is 46.6. The molecule has 1 nitrogen and oxygen atoms in total. The minimum atomic E-state index is -7.22. The zero-order chi connectivity index (χ0) is 44.7. The summed E-state index contributed by atoms with van der Waals surface area (Å²) in [6, 6.07) is 8.34. The summed E-state index contributed by atoms with van der Waals surface area (Å²) >= 11 is 0. The Morgan fingerprint density at radius 2 is 0.627 bits per heavy atom. The van der Waals surface area contributed by atoms with E-state index in [1.807, 2.05) is 6.07 Å². The molecule has 0 spiro atoms. The second-order valence-corrected chi connectivity index (χ2v) is 14.3. The topological polar surface area (TPSA) is 9.23 Å². The second kappa shape index (κ2) is 17.6. The molecule has 5 rings (SSSR count). The van der Waals surface area contributed by atoms with E-state index < -0.39 is 144 Å². The van der Waals surface area contributed by atoms with Crippen LogP contribution in [-0.4, -0.2) is 25.3 Å². The maximum absolute atomic E-state index is 15.4. The molecule has 5 aromatic rings. The minimum absolute atomic E-state index is 0.279. The van der Waals surface area contributed by atoms with Crippen molar-refractivity contribution in [2.75, 3.05) is 19.1 Å². The Labute approximate surface area is 321 Å². The van der Waals surface area contributed by atoms with Gasteiger partial charge in [-0.25, -0.2) is 87.8 Å². The standard InChI is InChI=1S/C24BF20.C12H19OS/c26-5-1(6(27)14(35)21(42)13(5)34)25(2-7(28)15(36)22(43)16(37)8(2)29,3-9(30)17(38)23(44)18(39)10(3)31)4-11(32)19(40)24(45)20(41)12(4)33;1-4-5-10-13-11-8-6-7-9-12(11)14(2)3/h;6-9H,4-5,10H2,1-3H3/q-1;+1. The molecule has 23 heteroatoms. The summed E-state index contributed by atoms with van der Waals surface area (Å²) < 4.78 is 300. The Kier molecular flexibility index (Phi) is 13.9. The van der Waals surface area contributed by atoms with Crippen LogP contribution >= 0.6 is 0 Å². The van der Waals surface area contributed by atoms with Gasteiger partial charge in [0.05, 0.1) is 6.61 Å². The molecule has 0 saturated heterocycles. The van der Waals surface area contributed by atoms with E-state index in [-0.39, 0.29) is 10.9 Å². The van der Waals surface area contributed by atoms with Gasteiger partial charge in [0.25, 0.3) is 0 Å². The molecule has 0 aliphatic carbocycles. The lowest BCUT2D eigenvalue weighted by molar-refractivity contribution is 0.302. The molecular weight excluding hydrogens is 871 g/mol. The third-order valence-electron chi connectivity index (χ3n) is 8.75. The molecule has 0 unspecified atom stereocenters. The maximum atomic E-state index is 15.4. The Balaban J connectivity index is 0.000000464. The summed E-state index contributed by atoms with van der Waals surface area (Å²) in [5, 5.41) is 0. The second-order valence-electron chi connectivity index (χ2n) is 12.3. The van der Waals surface area contributed by atoms with Crippen LogP contribution in [0.15, 0.2) is 29.2 Å². The molecule has 59 heavy (non-hydrogen) atoms. The highest BCUT2D eigenvalue weighted by Gasteiger charge is 2.52. The van der Waals surface area contributed by atoms with Crippen LogP contribution in [0.3, 0.4) is 0 Å². The van der Waals surface area contributed by atoms with Crippen LogP contribution in [0.2, 0.25) is 0 Å². The van der Waals surface area contributed by atoms with Crippen molar-refractivity contribution >= 4 is 38.9 Å². The van der Waals surface area contributed by atoms with Gasteiger partial charge in [0.15, 0.2) is 80.5 Å². The highest BCUT2D eigenvalue weighted by Crippen LogP contribution is 2.31. The van der Waals surface area contributed by atoms with E-state index in [4.69, 9.17) is 4.74 Å². The van der Waals surface area contributed by atoms with E-state index in [0.717, 1.165) is 18.8 Å². The first-order chi connectivity index (χ1) is 27.5. The Morgan fingerprint density at radius 1 is 0.390 bits per heavy atom. The summed E-state index contributed by atoms with van der Waals surface area (Å²) in [5.41, 5.74) is -14.3. The van der Waals surface area contributed by atoms with Gasteiger partial charge in [0, 0.05) is 10.9 Å². The molecule has 0 amide bonds. The van der Waals surface area contributed by atoms with E-state index >= 15 is 35.1 Å². The van der Waals surface area contributed by atoms with Crippen molar-refractivity contribution in [3.63, 3.8) is 0 Å². The van der Waals surface area contributed by atoms with Crippen LogP contribution in [0.25, 0.3) is 0 Å². The van der Waals surface area contributed by atoms with Gasteiger partial charge in [-0.2, -0.15) is 0 Å². The van der Waals surface area contributed by atoms with E-state index in [1.54, 1.807) is 0 Å². The van der Waals surface area contributed by atoms with Gasteiger partial charge in [-0.15, -0.1) is 21.9 Å². The lowest BCUT2D eigenvalue weighted by Crippen LogP contribution is -2.81. The van der Waals surface area contributed by atoms with Crippen molar-refractivity contribution in [2.45, 2.75) is 24.7 Å². The number of ether oxygens (including phenoxy) is 1. The molecule has 0 heterocycles. The van der Waals surface area contributed by atoms with Crippen LogP contribution < -0.4 is 26.6 Å². The van der Waals surface area contributed by atoms with Gasteiger partial charge >= 0.3 is 0 Å². The first-order valence-electron chi connectivity index (χ1n) is 16.0. The van der Waals surface area contributed by atoms with Crippen LogP contribution in [0.5, 0.6) is 5.75 Å². The Morgan fingerprint density at radius 3 is 0.864 bits per heavy atom. The fourth-order valence-electron chi connectivity index (χ4n) is 6.11. The van der Waals surface area contributed by atoms with Crippen LogP contribution in [0.4, 0.5) is 87.8 Å². The van der Waals surface area contributed by atoms with Gasteiger partial charge in [-0.05, 0) is 18.6 Å². The van der Waals surface area contributed by atoms with E-state index in [9.17, 15) is 52.7 Å². The van der Waals surface area contributed by atoms with Gasteiger partial charge in [0.1, 0.15) is 65.2 Å². The largest absolute Gasteiger partial charge is 0.488 e. The van der Waals surface area contributed by atoms with Crippen molar-refractivity contribution < 1.29 is 92.5 Å². The molecule has 318 valence electrons. The lowest BCUT2D eigenvalue weighted by atomic mass is 9.12. The van der Waals surface area contributed by atoms with Crippen LogP contribution in [0.1, 0.15) is 19.8 Å². The van der Waals surface area contributed by atoms with E-state index in [2.05, 4.69) is 37.6 Å². The molecular formula is C36H19BF20OS. The van der Waals surface area contributed by atoms with E-state index in [1.165, 1.54) is 11.3 Å². The molecule has 0 bridgehead atoms. The summed E-state index contributed by atoms with van der Waals surface area (Å²) in [5.74, 6) is -70.3. The number of benzene rings is 5. The number of unbranched alkanes of at least 4 members (excludes halogenated alkanes) is 1. The molecule has 0 aromatic heterocycles. The number of hydrogen-bond acceptors (Lipinski definition) is 1. The smallest absolute Gasteiger partial charge is 0.200 e. The minimum Gasteiger partial charge on any atom is -0.488 e. The zero-order valence-electron chi connectivity index (χ0n) is 29.4. The Hall–Kier alpha value is -5.09. The van der Waals surface area contributed by atoms with Gasteiger partial charge < -0.3 is 4.74 Å². The number of hydrogen-bond donors (Lipinski definition) is 0. The van der Waals surface area contributed by atoms with Crippen LogP contribution in [0, 0.1) is 116 Å². The highest BCUT2D eigenvalue weighted by molar-refractivity contribution is 7.95. The van der Waals surface area contributed by atoms with Crippen molar-refractivity contribution in [3.05, 3.63) is 141 Å². The SMILES string of the molecule is CCCCOc1ccccc1[S+](C)C.Fc1c(F)c(F)c([B-](c2c(F)c(F)c(F)c(F)c2F)(c2c(F)c(F)c(F)c(F)c2F)c2c(F)c(F)c(F)c(F)c2F)c(F)c1F. The predicted octanol–water partition coefficient (Wildman–Crippen LogP) is 8.95. The number of rotatable bonds is 9. The molecule has 0 aliphatic rings. The lowest BCUT2D eigenvalue weighted by Gasteiger charge is -2.44. The summed E-state index contributed by atoms with van der Waals surface area (Å²) in [6.45, 7) is 3.02. The van der Waals surface area contributed by atoms with Crippen molar-refractivity contribution in [1.29, 1.82) is 0 Å². The third kappa shape index (κ3) is 7.54. The maximum Gasteiger partial charge on any atom is 0.200 e. The zero-order valence-corrected chi connectivity index (χ0v) is 30.2. The van der Waals surface area contributed by atoms with Gasteiger partial charge in [-0.1, -0.05) is 25.5 Å². The number of halogens is 20. The third-order valence-corrected chi connectivity index (χ3v) is 9.97. The molecule has 0 fully saturated rings. The highest BCUT2D eigenvalue weighted by atomic mass is 32.2. The monoisotopic (exact) mass is 890 g/mol. The molecule has 0 saturated carbocycles. The van der Waals surface area contributed by atoms with E-state index in [0.29, 0.717) is 0 Å². The fraction of sp³-hybridized carbons (Fsp3) is 0.167. The normalized spacial score (nSPS) is 11.7. The predicted molar refractivity (Wildman–Crippen MR) is 174 cm³/mol. The summed E-state index contributed by atoms with van der Waals surface area (Å²) in [6.07, 6.45) is -0.447. The van der Waals surface area contributed by atoms with Gasteiger partial charge in [0.2, 0.25) is 0 Å². The quantitative estimate of drug-likeness (QED) is 0.0359. The fourth-order valence-corrected chi connectivity index (χ4v) is 6.99. The molecule has 0 aliphatic heterocycles. The molecule has 5 aromatic carbocycles. The first-order valence-corrected chi connectivity index (χ1v) is 18.0. The van der Waals surface area contributed by atoms with Crippen molar-refractivity contribution in [3.8, 4) is 5.75 Å². The Bertz CT molecular complexity index is 2080. The summed E-state index contributed by atoms with van der Waals surface area (Å²) in [4.78, 5) is 1.34. The summed E-state index contributed by atoms with van der Waals surface area (Å²) in [7, 11) is 0.279. The van der Waals surface area contributed by atoms with Crippen molar-refractivity contribution in [1.82, 2.24) is 0 Å².